The molecule has 0 aliphatic rings. The molecule has 0 aromatic rings. The first kappa shape index (κ1) is 13.9. The predicted octanol–water partition coefficient (Wildman–Crippen LogP) is 2.96. The average Bonchev–Trinajstić information content (AvgIpc) is 2.10. The molecule has 0 aromatic carbocycles. The van der Waals surface area contributed by atoms with Crippen molar-refractivity contribution in [2.75, 3.05) is 6.54 Å². The Morgan fingerprint density at radius 3 is 2.29 bits per heavy atom. The molecule has 3 heteroatoms. The van der Waals surface area contributed by atoms with E-state index in [2.05, 4.69) is 48.9 Å². The van der Waals surface area contributed by atoms with Crippen LogP contribution in [0.15, 0.2) is 0 Å². The number of alkyl halides is 1. The Morgan fingerprint density at radius 2 is 1.93 bits per heavy atom. The molecule has 0 saturated heterocycles. The van der Waals surface area contributed by atoms with Gasteiger partial charge in [-0.1, -0.05) is 50.5 Å². The summed E-state index contributed by atoms with van der Waals surface area (Å²) in [5, 5.41) is 2.95. The van der Waals surface area contributed by atoms with E-state index < -0.39 is 0 Å². The van der Waals surface area contributed by atoms with Crippen LogP contribution < -0.4 is 5.32 Å². The summed E-state index contributed by atoms with van der Waals surface area (Å²) >= 11 is 3.33. The maximum Gasteiger partial charge on any atom is 0.233 e. The van der Waals surface area contributed by atoms with Gasteiger partial charge in [-0.3, -0.25) is 4.79 Å². The molecule has 0 saturated carbocycles. The lowest BCUT2D eigenvalue weighted by molar-refractivity contribution is -0.120. The summed E-state index contributed by atoms with van der Waals surface area (Å²) in [5.74, 6) is 0.589. The van der Waals surface area contributed by atoms with E-state index >= 15 is 0 Å². The van der Waals surface area contributed by atoms with Gasteiger partial charge in [-0.15, -0.1) is 0 Å². The predicted molar refractivity (Wildman–Crippen MR) is 64.6 cm³/mol. The van der Waals surface area contributed by atoms with Crippen LogP contribution in [0.4, 0.5) is 0 Å². The van der Waals surface area contributed by atoms with Gasteiger partial charge in [0.25, 0.3) is 0 Å². The van der Waals surface area contributed by atoms with E-state index in [1.807, 2.05) is 6.92 Å². The minimum absolute atomic E-state index is 0.0466. The Hall–Kier alpha value is -0.0500. The summed E-state index contributed by atoms with van der Waals surface area (Å²) < 4.78 is 0. The molecular weight excluding hydrogens is 242 g/mol. The molecule has 2 unspecified atom stereocenters. The fourth-order valence-electron chi connectivity index (χ4n) is 0.856. The Morgan fingerprint density at radius 1 is 1.43 bits per heavy atom. The number of rotatable bonds is 4. The highest BCUT2D eigenvalue weighted by atomic mass is 79.9. The van der Waals surface area contributed by atoms with E-state index in [4.69, 9.17) is 0 Å². The molecule has 0 heterocycles. The molecule has 84 valence electrons. The topological polar surface area (TPSA) is 29.1 Å². The highest BCUT2D eigenvalue weighted by molar-refractivity contribution is 9.10. The smallest absolute Gasteiger partial charge is 0.233 e. The van der Waals surface area contributed by atoms with Crippen molar-refractivity contribution in [1.29, 1.82) is 0 Å². The Kier molecular flexibility index (Phi) is 5.72. The standard InChI is InChI=1S/C11H22BrNO/c1-6-9(12)10(14)13-7-8(2)11(3,4)5/h8-9H,6-7H2,1-5H3,(H,13,14). The van der Waals surface area contributed by atoms with Crippen molar-refractivity contribution in [2.24, 2.45) is 11.3 Å². The lowest BCUT2D eigenvalue weighted by Crippen LogP contribution is -2.37. The van der Waals surface area contributed by atoms with E-state index in [1.165, 1.54) is 0 Å². The molecule has 0 aromatic heterocycles. The second-order valence-electron chi connectivity index (χ2n) is 4.89. The van der Waals surface area contributed by atoms with Crippen LogP contribution in [0, 0.1) is 11.3 Å². The normalized spacial score (nSPS) is 16.1. The molecule has 0 aliphatic heterocycles. The van der Waals surface area contributed by atoms with Crippen LogP contribution in [-0.4, -0.2) is 17.3 Å². The Balaban J connectivity index is 3.89. The fourth-order valence-corrected chi connectivity index (χ4v) is 1.02. The summed E-state index contributed by atoms with van der Waals surface area (Å²) in [4.78, 5) is 11.4. The van der Waals surface area contributed by atoms with Gasteiger partial charge in [-0.05, 0) is 17.8 Å². The van der Waals surface area contributed by atoms with Gasteiger partial charge < -0.3 is 5.32 Å². The zero-order valence-corrected chi connectivity index (χ0v) is 11.4. The minimum atomic E-state index is -0.0466. The van der Waals surface area contributed by atoms with Crippen LogP contribution in [0.5, 0.6) is 0 Å². The monoisotopic (exact) mass is 263 g/mol. The van der Waals surface area contributed by atoms with Crippen LogP contribution in [-0.2, 0) is 4.79 Å². The Labute approximate surface area is 96.0 Å². The SMILES string of the molecule is CCC(Br)C(=O)NCC(C)C(C)(C)C. The molecule has 1 amide bonds. The lowest BCUT2D eigenvalue weighted by atomic mass is 9.82. The van der Waals surface area contributed by atoms with Gasteiger partial charge in [0.2, 0.25) is 5.91 Å². The van der Waals surface area contributed by atoms with Crippen LogP contribution in [0.1, 0.15) is 41.0 Å². The number of nitrogens with one attached hydrogen (secondary N) is 1. The second-order valence-corrected chi connectivity index (χ2v) is 5.99. The van der Waals surface area contributed by atoms with Crippen molar-refractivity contribution < 1.29 is 4.79 Å². The molecule has 0 fully saturated rings. The molecule has 0 radical (unpaired) electrons. The van der Waals surface area contributed by atoms with Crippen molar-refractivity contribution in [2.45, 2.75) is 45.9 Å². The Bertz CT molecular complexity index is 186. The molecule has 0 bridgehead atoms. The summed E-state index contributed by atoms with van der Waals surface area (Å²) in [6, 6.07) is 0. The number of hydrogen-bond acceptors (Lipinski definition) is 1. The van der Waals surface area contributed by atoms with Gasteiger partial charge in [0.15, 0.2) is 0 Å². The summed E-state index contributed by atoms with van der Waals surface area (Å²) in [6.07, 6.45) is 0.829. The van der Waals surface area contributed by atoms with E-state index in [1.54, 1.807) is 0 Å². The van der Waals surface area contributed by atoms with Crippen molar-refractivity contribution in [1.82, 2.24) is 5.32 Å². The van der Waals surface area contributed by atoms with E-state index in [-0.39, 0.29) is 16.1 Å². The minimum Gasteiger partial charge on any atom is -0.355 e. The van der Waals surface area contributed by atoms with Gasteiger partial charge >= 0.3 is 0 Å². The molecule has 0 aliphatic carbocycles. The zero-order valence-electron chi connectivity index (χ0n) is 9.86. The van der Waals surface area contributed by atoms with E-state index in [0.29, 0.717) is 5.92 Å². The van der Waals surface area contributed by atoms with Gasteiger partial charge in [0, 0.05) is 6.54 Å². The third-order valence-corrected chi connectivity index (χ3v) is 3.77. The van der Waals surface area contributed by atoms with Crippen molar-refractivity contribution in [3.63, 3.8) is 0 Å². The first-order chi connectivity index (χ1) is 6.29. The third kappa shape index (κ3) is 4.99. The quantitative estimate of drug-likeness (QED) is 0.777. The number of halogens is 1. The van der Waals surface area contributed by atoms with Crippen LogP contribution >= 0.6 is 15.9 Å². The van der Waals surface area contributed by atoms with Crippen molar-refractivity contribution in [3.8, 4) is 0 Å². The molecule has 0 rings (SSSR count). The first-order valence-corrected chi connectivity index (χ1v) is 6.12. The summed E-state index contributed by atoms with van der Waals surface area (Å²) in [7, 11) is 0. The van der Waals surface area contributed by atoms with Crippen LogP contribution in [0.2, 0.25) is 0 Å². The van der Waals surface area contributed by atoms with Crippen molar-refractivity contribution >= 4 is 21.8 Å². The first-order valence-electron chi connectivity index (χ1n) is 5.20. The van der Waals surface area contributed by atoms with Gasteiger partial charge in [0.1, 0.15) is 0 Å². The molecular formula is C11H22BrNO. The highest BCUT2D eigenvalue weighted by Gasteiger charge is 2.21. The number of amides is 1. The van der Waals surface area contributed by atoms with Gasteiger partial charge in [-0.2, -0.15) is 0 Å². The summed E-state index contributed by atoms with van der Waals surface area (Å²) in [6.45, 7) is 11.5. The highest BCUT2D eigenvalue weighted by Crippen LogP contribution is 2.24. The van der Waals surface area contributed by atoms with Crippen LogP contribution in [0.3, 0.4) is 0 Å². The summed E-state index contributed by atoms with van der Waals surface area (Å²) in [5.41, 5.74) is 0.251. The molecule has 14 heavy (non-hydrogen) atoms. The average molecular weight is 264 g/mol. The zero-order chi connectivity index (χ0) is 11.4. The van der Waals surface area contributed by atoms with Gasteiger partial charge in [-0.25, -0.2) is 0 Å². The van der Waals surface area contributed by atoms with Crippen LogP contribution in [0.25, 0.3) is 0 Å². The third-order valence-electron chi connectivity index (χ3n) is 2.70. The largest absolute Gasteiger partial charge is 0.355 e. The maximum absolute atomic E-state index is 11.4. The van der Waals surface area contributed by atoms with Crippen molar-refractivity contribution in [3.05, 3.63) is 0 Å². The second kappa shape index (κ2) is 5.74. The lowest BCUT2D eigenvalue weighted by Gasteiger charge is -2.27. The van der Waals surface area contributed by atoms with E-state index in [9.17, 15) is 4.79 Å². The molecule has 2 atom stereocenters. The molecule has 1 N–H and O–H groups in total. The number of carbonyl (C=O) groups excluding carboxylic acids is 1. The molecule has 0 spiro atoms. The number of carbonyl (C=O) groups is 1. The van der Waals surface area contributed by atoms with Gasteiger partial charge in [0.05, 0.1) is 4.83 Å². The molecule has 2 nitrogen and oxygen atoms in total. The number of hydrogen-bond donors (Lipinski definition) is 1. The maximum atomic E-state index is 11.4. The van der Waals surface area contributed by atoms with E-state index in [0.717, 1.165) is 13.0 Å². The fraction of sp³-hybridized carbons (Fsp3) is 0.909.